The highest BCUT2D eigenvalue weighted by atomic mass is 32.1. The lowest BCUT2D eigenvalue weighted by Gasteiger charge is -2.39. The molecule has 1 N–H and O–H groups in total. The van der Waals surface area contributed by atoms with Crippen molar-refractivity contribution in [1.29, 1.82) is 0 Å². The molecule has 2 aliphatic heterocycles. The highest BCUT2D eigenvalue weighted by molar-refractivity contribution is 7.10. The maximum absolute atomic E-state index is 4.98. The van der Waals surface area contributed by atoms with E-state index in [9.17, 15) is 0 Å². The summed E-state index contributed by atoms with van der Waals surface area (Å²) in [7, 11) is 0. The van der Waals surface area contributed by atoms with E-state index in [4.69, 9.17) is 4.99 Å². The molecule has 152 valence electrons. The van der Waals surface area contributed by atoms with Crippen molar-refractivity contribution >= 4 is 17.3 Å². The molecule has 0 saturated carbocycles. The van der Waals surface area contributed by atoms with E-state index in [0.717, 1.165) is 51.8 Å². The number of aliphatic imine (C=N–C) groups is 1. The first-order valence-electron chi connectivity index (χ1n) is 10.5. The summed E-state index contributed by atoms with van der Waals surface area (Å²) in [5, 5.41) is 5.74. The van der Waals surface area contributed by atoms with Crippen LogP contribution in [-0.4, -0.2) is 64.6 Å². The number of likely N-dealkylation sites (tertiary alicyclic amines) is 1. The monoisotopic (exact) mass is 400 g/mol. The average molecular weight is 401 g/mol. The van der Waals surface area contributed by atoms with Crippen LogP contribution in [0, 0.1) is 5.92 Å². The van der Waals surface area contributed by atoms with Gasteiger partial charge in [-0.2, -0.15) is 0 Å². The molecule has 2 unspecified atom stereocenters. The van der Waals surface area contributed by atoms with Gasteiger partial charge in [0.2, 0.25) is 0 Å². The van der Waals surface area contributed by atoms with Crippen LogP contribution in [0.1, 0.15) is 36.8 Å². The van der Waals surface area contributed by atoms with Gasteiger partial charge in [-0.3, -0.25) is 9.89 Å². The fraction of sp³-hybridized carbons (Fsp3) is 0.619. The van der Waals surface area contributed by atoms with Gasteiger partial charge in [0.1, 0.15) is 0 Å². The van der Waals surface area contributed by atoms with Crippen molar-refractivity contribution in [2.24, 2.45) is 10.9 Å². The Kier molecular flexibility index (Phi) is 6.32. The van der Waals surface area contributed by atoms with Crippen LogP contribution in [-0.2, 0) is 13.0 Å². The molecule has 0 aromatic carbocycles. The fourth-order valence-corrected chi connectivity index (χ4v) is 5.21. The van der Waals surface area contributed by atoms with E-state index < -0.39 is 0 Å². The number of nitrogens with zero attached hydrogens (tertiary/aromatic N) is 5. The van der Waals surface area contributed by atoms with Gasteiger partial charge in [-0.05, 0) is 42.7 Å². The maximum atomic E-state index is 4.98. The molecule has 2 aliphatic rings. The number of rotatable bonds is 5. The van der Waals surface area contributed by atoms with Crippen LogP contribution in [0.4, 0.5) is 0 Å². The van der Waals surface area contributed by atoms with E-state index in [1.165, 1.54) is 18.4 Å². The smallest absolute Gasteiger partial charge is 0.194 e. The number of nitrogens with one attached hydrogen (secondary N) is 1. The molecule has 2 aromatic rings. The predicted molar refractivity (Wildman–Crippen MR) is 116 cm³/mol. The standard InChI is InChI=1S/C21H32N6S/c1-3-23-21(24-8-11-25-9-5-20-18(14-25)6-13-28-20)26-10-4-17(2)19(15-26)27-12-7-22-16-27/h6-7,12-13,16-17,19H,3-5,8-11,14-15H2,1-2H3,(H,23,24). The van der Waals surface area contributed by atoms with Crippen molar-refractivity contribution in [2.75, 3.05) is 39.3 Å². The number of thiophene rings is 1. The Morgan fingerprint density at radius 3 is 3.14 bits per heavy atom. The molecule has 0 aliphatic carbocycles. The van der Waals surface area contributed by atoms with Crippen LogP contribution in [0.5, 0.6) is 0 Å². The molecule has 1 saturated heterocycles. The second-order valence-corrected chi connectivity index (χ2v) is 8.92. The summed E-state index contributed by atoms with van der Waals surface area (Å²) in [6.07, 6.45) is 8.28. The molecule has 28 heavy (non-hydrogen) atoms. The molecule has 2 atom stereocenters. The van der Waals surface area contributed by atoms with Crippen LogP contribution >= 0.6 is 11.3 Å². The lowest BCUT2D eigenvalue weighted by molar-refractivity contribution is 0.188. The first-order chi connectivity index (χ1) is 13.7. The Hall–Kier alpha value is -1.86. The van der Waals surface area contributed by atoms with E-state index in [0.29, 0.717) is 12.0 Å². The number of fused-ring (bicyclic) bond motifs is 1. The number of guanidine groups is 1. The van der Waals surface area contributed by atoms with Gasteiger partial charge in [0, 0.05) is 56.5 Å². The first kappa shape index (κ1) is 19.5. The second-order valence-electron chi connectivity index (χ2n) is 7.92. The third-order valence-corrected chi connectivity index (χ3v) is 7.05. The van der Waals surface area contributed by atoms with E-state index in [1.54, 1.807) is 4.88 Å². The predicted octanol–water partition coefficient (Wildman–Crippen LogP) is 2.85. The zero-order valence-electron chi connectivity index (χ0n) is 17.0. The third kappa shape index (κ3) is 4.41. The molecule has 4 heterocycles. The van der Waals surface area contributed by atoms with Gasteiger partial charge in [-0.1, -0.05) is 6.92 Å². The number of aromatic nitrogens is 2. The van der Waals surface area contributed by atoms with Gasteiger partial charge in [0.15, 0.2) is 5.96 Å². The Morgan fingerprint density at radius 1 is 1.39 bits per heavy atom. The molecular weight excluding hydrogens is 368 g/mol. The van der Waals surface area contributed by atoms with E-state index in [2.05, 4.69) is 56.2 Å². The first-order valence-corrected chi connectivity index (χ1v) is 11.4. The van der Waals surface area contributed by atoms with E-state index in [-0.39, 0.29) is 0 Å². The summed E-state index contributed by atoms with van der Waals surface area (Å²) in [4.78, 5) is 15.8. The molecule has 2 aromatic heterocycles. The van der Waals surface area contributed by atoms with Gasteiger partial charge in [-0.15, -0.1) is 11.3 Å². The molecule has 0 amide bonds. The third-order valence-electron chi connectivity index (χ3n) is 6.03. The zero-order chi connectivity index (χ0) is 19.3. The Bertz CT molecular complexity index is 768. The summed E-state index contributed by atoms with van der Waals surface area (Å²) in [5.41, 5.74) is 1.51. The summed E-state index contributed by atoms with van der Waals surface area (Å²) < 4.78 is 2.26. The average Bonchev–Trinajstić information content (AvgIpc) is 3.39. The van der Waals surface area contributed by atoms with Crippen LogP contribution in [0.25, 0.3) is 0 Å². The minimum absolute atomic E-state index is 0.458. The maximum Gasteiger partial charge on any atom is 0.194 e. The Labute approximate surface area is 172 Å². The van der Waals surface area contributed by atoms with Gasteiger partial charge >= 0.3 is 0 Å². The Morgan fingerprint density at radius 2 is 2.32 bits per heavy atom. The van der Waals surface area contributed by atoms with E-state index in [1.807, 2.05) is 23.9 Å². The minimum atomic E-state index is 0.458. The number of piperidine rings is 1. The molecule has 0 spiro atoms. The fourth-order valence-electron chi connectivity index (χ4n) is 4.32. The van der Waals surface area contributed by atoms with E-state index >= 15 is 0 Å². The van der Waals surface area contributed by atoms with Gasteiger partial charge in [0.25, 0.3) is 0 Å². The van der Waals surface area contributed by atoms with Crippen molar-refractivity contribution < 1.29 is 0 Å². The van der Waals surface area contributed by atoms with Crippen LogP contribution in [0.2, 0.25) is 0 Å². The summed E-state index contributed by atoms with van der Waals surface area (Å²) >= 11 is 1.90. The minimum Gasteiger partial charge on any atom is -0.357 e. The van der Waals surface area contributed by atoms with Crippen molar-refractivity contribution in [3.8, 4) is 0 Å². The largest absolute Gasteiger partial charge is 0.357 e. The lowest BCUT2D eigenvalue weighted by atomic mass is 9.93. The number of imidazole rings is 1. The van der Waals surface area contributed by atoms with Gasteiger partial charge < -0.3 is 14.8 Å². The summed E-state index contributed by atoms with van der Waals surface area (Å²) in [6, 6.07) is 2.74. The van der Waals surface area contributed by atoms with Crippen LogP contribution < -0.4 is 5.32 Å². The molecule has 0 radical (unpaired) electrons. The number of hydrogen-bond donors (Lipinski definition) is 1. The van der Waals surface area contributed by atoms with Crippen molar-refractivity contribution in [3.05, 3.63) is 40.6 Å². The highest BCUT2D eigenvalue weighted by Crippen LogP contribution is 2.27. The SMILES string of the molecule is CCNC(=NCCN1CCc2sccc2C1)N1CCC(C)C(n2ccnc2)C1. The topological polar surface area (TPSA) is 48.7 Å². The molecule has 6 nitrogen and oxygen atoms in total. The lowest BCUT2D eigenvalue weighted by Crippen LogP contribution is -2.49. The molecule has 0 bridgehead atoms. The van der Waals surface area contributed by atoms with Gasteiger partial charge in [-0.25, -0.2) is 4.98 Å². The number of hydrogen-bond acceptors (Lipinski definition) is 4. The molecule has 1 fully saturated rings. The quantitative estimate of drug-likeness (QED) is 0.619. The molecule has 4 rings (SSSR count). The second kappa shape index (κ2) is 9.09. The van der Waals surface area contributed by atoms with Gasteiger partial charge in [0.05, 0.1) is 18.9 Å². The molecule has 7 heteroatoms. The highest BCUT2D eigenvalue weighted by Gasteiger charge is 2.29. The zero-order valence-corrected chi connectivity index (χ0v) is 17.9. The van der Waals surface area contributed by atoms with Crippen molar-refractivity contribution in [1.82, 2.24) is 24.7 Å². The Balaban J connectivity index is 1.36. The van der Waals surface area contributed by atoms with Crippen LogP contribution in [0.3, 0.4) is 0 Å². The summed E-state index contributed by atoms with van der Waals surface area (Å²) in [6.45, 7) is 11.6. The van der Waals surface area contributed by atoms with Crippen molar-refractivity contribution in [3.63, 3.8) is 0 Å². The van der Waals surface area contributed by atoms with Crippen molar-refractivity contribution in [2.45, 2.75) is 39.3 Å². The summed E-state index contributed by atoms with van der Waals surface area (Å²) in [5.74, 6) is 1.72. The molecular formula is C21H32N6S. The normalized spacial score (nSPS) is 23.6. The van der Waals surface area contributed by atoms with Crippen LogP contribution in [0.15, 0.2) is 35.2 Å².